The highest BCUT2D eigenvalue weighted by molar-refractivity contribution is 6.21. The maximum absolute atomic E-state index is 12.7. The number of aromatic hydroxyl groups is 1. The maximum atomic E-state index is 12.7. The van der Waals surface area contributed by atoms with E-state index >= 15 is 0 Å². The lowest BCUT2D eigenvalue weighted by molar-refractivity contribution is -0.126. The fourth-order valence-electron chi connectivity index (χ4n) is 3.39. The van der Waals surface area contributed by atoms with Crippen LogP contribution in [0.5, 0.6) is 11.5 Å². The second kappa shape index (κ2) is 5.67. The molecule has 2 aliphatic heterocycles. The van der Waals surface area contributed by atoms with Crippen LogP contribution in [-0.2, 0) is 9.53 Å². The molecule has 3 unspecified atom stereocenters. The van der Waals surface area contributed by atoms with E-state index in [0.717, 1.165) is 12.8 Å². The number of carbonyl (C=O) groups excluding carboxylic acids is 2. The number of hydrogen-bond acceptors (Lipinski definition) is 5. The number of Topliss-reactive ketones (excluding diaryl/α,β-unsaturated/α-hetero) is 2. The number of phenolic OH excluding ortho intramolecular Hbond substituents is 1. The molecule has 124 valence electrons. The number of hydrogen-bond donors (Lipinski definition) is 1. The number of halogens is 1. The van der Waals surface area contributed by atoms with Crippen LogP contribution in [0, 0.1) is 5.92 Å². The van der Waals surface area contributed by atoms with Crippen LogP contribution < -0.4 is 4.74 Å². The van der Waals surface area contributed by atoms with E-state index in [0.29, 0.717) is 17.6 Å². The van der Waals surface area contributed by atoms with Crippen molar-refractivity contribution in [2.24, 2.45) is 5.92 Å². The summed E-state index contributed by atoms with van der Waals surface area (Å²) in [5.41, 5.74) is 0.669. The maximum Gasteiger partial charge on any atom is 0.231 e. The van der Waals surface area contributed by atoms with Crippen molar-refractivity contribution in [1.82, 2.24) is 0 Å². The Morgan fingerprint density at radius 1 is 1.25 bits per heavy atom. The van der Waals surface area contributed by atoms with Crippen LogP contribution in [-0.4, -0.2) is 28.2 Å². The molecule has 0 amide bonds. The Labute approximate surface area is 143 Å². The molecule has 1 aromatic rings. The summed E-state index contributed by atoms with van der Waals surface area (Å²) >= 11 is 6.17. The van der Waals surface area contributed by atoms with Crippen LogP contribution in [0.1, 0.15) is 29.6 Å². The van der Waals surface area contributed by atoms with Gasteiger partial charge in [-0.1, -0.05) is 0 Å². The lowest BCUT2D eigenvalue weighted by atomic mass is 9.80. The second-order valence-electron chi connectivity index (χ2n) is 6.25. The van der Waals surface area contributed by atoms with Crippen molar-refractivity contribution >= 4 is 23.2 Å². The van der Waals surface area contributed by atoms with Gasteiger partial charge in [-0.2, -0.15) is 0 Å². The number of alkyl halides is 1. The van der Waals surface area contributed by atoms with Crippen molar-refractivity contribution in [3.05, 3.63) is 47.4 Å². The van der Waals surface area contributed by atoms with Gasteiger partial charge in [0.25, 0.3) is 0 Å². The van der Waals surface area contributed by atoms with Crippen LogP contribution in [0.3, 0.4) is 0 Å². The molecule has 1 aliphatic carbocycles. The molecular weight excluding hydrogens is 332 g/mol. The van der Waals surface area contributed by atoms with E-state index in [1.165, 1.54) is 30.5 Å². The molecule has 1 aromatic carbocycles. The molecule has 1 N–H and O–H groups in total. The number of benzene rings is 1. The van der Waals surface area contributed by atoms with Crippen molar-refractivity contribution in [2.75, 3.05) is 0 Å². The van der Waals surface area contributed by atoms with Crippen LogP contribution in [0.4, 0.5) is 0 Å². The first kappa shape index (κ1) is 15.3. The van der Waals surface area contributed by atoms with Gasteiger partial charge in [-0.15, -0.1) is 11.6 Å². The Hall–Kier alpha value is -2.27. The fourth-order valence-corrected chi connectivity index (χ4v) is 3.70. The molecule has 5 nitrogen and oxygen atoms in total. The van der Waals surface area contributed by atoms with Crippen LogP contribution >= 0.6 is 11.6 Å². The standard InChI is InChI=1S/C18H15ClO5/c19-10-1-4-14-13(6-10)17(21)9(8-23-14)5-16-18(22)12-3-2-11(20)7-15(12)24-16/h2-3,5,7-8,10,13-14,20H,1,4,6H2/b16-5-. The van der Waals surface area contributed by atoms with Crippen LogP contribution in [0.15, 0.2) is 41.9 Å². The molecule has 24 heavy (non-hydrogen) atoms. The zero-order valence-corrected chi connectivity index (χ0v) is 13.5. The van der Waals surface area contributed by atoms with E-state index in [1.807, 2.05) is 0 Å². The summed E-state index contributed by atoms with van der Waals surface area (Å²) in [6, 6.07) is 4.29. The predicted molar refractivity (Wildman–Crippen MR) is 86.1 cm³/mol. The number of carbonyl (C=O) groups is 2. The summed E-state index contributed by atoms with van der Waals surface area (Å²) < 4.78 is 11.1. The molecule has 3 aliphatic rings. The lowest BCUT2D eigenvalue weighted by Gasteiger charge is -2.35. The normalized spacial score (nSPS) is 30.3. The summed E-state index contributed by atoms with van der Waals surface area (Å²) in [4.78, 5) is 25.0. The number of allylic oxidation sites excluding steroid dienone is 3. The topological polar surface area (TPSA) is 72.8 Å². The molecule has 1 fully saturated rings. The Balaban J connectivity index is 1.61. The van der Waals surface area contributed by atoms with Gasteiger partial charge in [-0.3, -0.25) is 9.59 Å². The Morgan fingerprint density at radius 3 is 2.92 bits per heavy atom. The van der Waals surface area contributed by atoms with Gasteiger partial charge in [0.1, 0.15) is 17.6 Å². The molecule has 1 saturated carbocycles. The van der Waals surface area contributed by atoms with E-state index in [4.69, 9.17) is 21.1 Å². The fraction of sp³-hybridized carbons (Fsp3) is 0.333. The smallest absolute Gasteiger partial charge is 0.231 e. The largest absolute Gasteiger partial charge is 0.508 e. The number of ether oxygens (including phenoxy) is 2. The van der Waals surface area contributed by atoms with Gasteiger partial charge >= 0.3 is 0 Å². The average molecular weight is 347 g/mol. The van der Waals surface area contributed by atoms with Gasteiger partial charge < -0.3 is 14.6 Å². The summed E-state index contributed by atoms with van der Waals surface area (Å²) in [5.74, 6) is -0.319. The minimum absolute atomic E-state index is 0.0114. The molecule has 0 aromatic heterocycles. The van der Waals surface area contributed by atoms with Gasteiger partial charge in [-0.05, 0) is 37.5 Å². The number of fused-ring (bicyclic) bond motifs is 2. The highest BCUT2D eigenvalue weighted by atomic mass is 35.5. The Kier molecular flexibility index (Phi) is 3.61. The van der Waals surface area contributed by atoms with E-state index in [2.05, 4.69) is 0 Å². The van der Waals surface area contributed by atoms with Crippen molar-refractivity contribution < 1.29 is 24.2 Å². The molecule has 6 heteroatoms. The highest BCUT2D eigenvalue weighted by Crippen LogP contribution is 2.38. The summed E-state index contributed by atoms with van der Waals surface area (Å²) in [6.07, 6.45) is 4.85. The van der Waals surface area contributed by atoms with Crippen LogP contribution in [0.2, 0.25) is 0 Å². The van der Waals surface area contributed by atoms with Gasteiger partial charge in [0.15, 0.2) is 11.5 Å². The van der Waals surface area contributed by atoms with Gasteiger partial charge in [-0.25, -0.2) is 0 Å². The van der Waals surface area contributed by atoms with E-state index in [-0.39, 0.29) is 46.2 Å². The minimum atomic E-state index is -0.320. The highest BCUT2D eigenvalue weighted by Gasteiger charge is 2.40. The molecule has 0 spiro atoms. The average Bonchev–Trinajstić information content (AvgIpc) is 2.86. The zero-order valence-electron chi connectivity index (χ0n) is 12.7. The summed E-state index contributed by atoms with van der Waals surface area (Å²) in [5, 5.41) is 9.45. The van der Waals surface area contributed by atoms with Crippen molar-refractivity contribution in [2.45, 2.75) is 30.7 Å². The molecule has 0 bridgehead atoms. The number of phenols is 1. The molecule has 3 atom stereocenters. The molecule has 0 saturated heterocycles. The Bertz CT molecular complexity index is 795. The number of rotatable bonds is 1. The second-order valence-corrected chi connectivity index (χ2v) is 6.87. The van der Waals surface area contributed by atoms with Gasteiger partial charge in [0, 0.05) is 11.4 Å². The molecule has 2 heterocycles. The SMILES string of the molecule is O=C1/C(=C/C2=COC3CCC(Cl)CC3C2=O)Oc2cc(O)ccc21. The molecular formula is C18H15ClO5. The zero-order chi connectivity index (χ0) is 16.8. The third-order valence-corrected chi connectivity index (χ3v) is 5.05. The third kappa shape index (κ3) is 2.49. The molecule has 4 rings (SSSR count). The first-order valence-corrected chi connectivity index (χ1v) is 8.28. The van der Waals surface area contributed by atoms with Gasteiger partial charge in [0.05, 0.1) is 23.3 Å². The quantitative estimate of drug-likeness (QED) is 0.625. The Morgan fingerprint density at radius 2 is 2.08 bits per heavy atom. The monoisotopic (exact) mass is 346 g/mol. The van der Waals surface area contributed by atoms with Crippen molar-refractivity contribution in [3.63, 3.8) is 0 Å². The van der Waals surface area contributed by atoms with E-state index in [9.17, 15) is 14.7 Å². The third-order valence-electron chi connectivity index (χ3n) is 4.65. The summed E-state index contributed by atoms with van der Waals surface area (Å²) in [7, 11) is 0. The van der Waals surface area contributed by atoms with E-state index in [1.54, 1.807) is 0 Å². The first-order valence-electron chi connectivity index (χ1n) is 7.84. The van der Waals surface area contributed by atoms with Gasteiger partial charge in [0.2, 0.25) is 5.78 Å². The number of ketones is 2. The first-order chi connectivity index (χ1) is 11.5. The van der Waals surface area contributed by atoms with Crippen LogP contribution in [0.25, 0.3) is 0 Å². The van der Waals surface area contributed by atoms with Crippen molar-refractivity contribution in [3.8, 4) is 11.5 Å². The summed E-state index contributed by atoms with van der Waals surface area (Å²) in [6.45, 7) is 0. The van der Waals surface area contributed by atoms with E-state index < -0.39 is 0 Å². The van der Waals surface area contributed by atoms with Crippen molar-refractivity contribution in [1.29, 1.82) is 0 Å². The molecule has 0 radical (unpaired) electrons. The lowest BCUT2D eigenvalue weighted by Crippen LogP contribution is -2.39. The predicted octanol–water partition coefficient (Wildman–Crippen LogP) is 3.11. The minimum Gasteiger partial charge on any atom is -0.508 e.